The van der Waals surface area contributed by atoms with Crippen LogP contribution >= 0.6 is 11.6 Å². The second-order valence-corrected chi connectivity index (χ2v) is 4.63. The maximum atomic E-state index is 12.0. The van der Waals surface area contributed by atoms with Crippen LogP contribution in [0.4, 0.5) is 16.2 Å². The van der Waals surface area contributed by atoms with Crippen LogP contribution in [0.2, 0.25) is 5.02 Å². The molecule has 2 N–H and O–H groups in total. The van der Waals surface area contributed by atoms with Crippen molar-refractivity contribution in [2.75, 3.05) is 32.0 Å². The molecular weight excluding hydrogens is 324 g/mol. The molecule has 23 heavy (non-hydrogen) atoms. The number of carbonyl (C=O) groups is 1. The van der Waals surface area contributed by atoms with Gasteiger partial charge in [-0.05, 0) is 6.07 Å². The van der Waals surface area contributed by atoms with Crippen molar-refractivity contribution in [1.29, 1.82) is 0 Å². The summed E-state index contributed by atoms with van der Waals surface area (Å²) in [6.45, 7) is 0. The van der Waals surface area contributed by atoms with Gasteiger partial charge in [-0.2, -0.15) is 0 Å². The van der Waals surface area contributed by atoms with E-state index in [1.54, 1.807) is 6.07 Å². The summed E-state index contributed by atoms with van der Waals surface area (Å²) < 4.78 is 15.1. The molecule has 8 nitrogen and oxygen atoms in total. The molecule has 2 amide bonds. The van der Waals surface area contributed by atoms with Crippen LogP contribution < -0.4 is 24.8 Å². The minimum atomic E-state index is -0.502. The van der Waals surface area contributed by atoms with Crippen molar-refractivity contribution in [3.05, 3.63) is 29.5 Å². The number of hydrogen-bond acceptors (Lipinski definition) is 6. The number of carbonyl (C=O) groups excluding carboxylic acids is 1. The zero-order valence-electron chi connectivity index (χ0n) is 12.7. The zero-order valence-corrected chi connectivity index (χ0v) is 13.5. The number of nitrogens with one attached hydrogen (secondary N) is 2. The molecular formula is C14H15ClN4O4. The van der Waals surface area contributed by atoms with Crippen molar-refractivity contribution in [2.24, 2.45) is 0 Å². The monoisotopic (exact) mass is 338 g/mol. The molecule has 0 aliphatic heterocycles. The van der Waals surface area contributed by atoms with E-state index in [0.29, 0.717) is 27.9 Å². The standard InChI is InChI=1S/C14H15ClN4O4/c1-21-11-5-12(22-2)10(4-9(11)15)19-13(20)18-8-6-16-14(23-3)17-7-8/h4-7H,1-3H3,(H2,18,19,20). The third-order valence-corrected chi connectivity index (χ3v) is 3.09. The molecule has 0 saturated carbocycles. The Morgan fingerprint density at radius 1 is 1.00 bits per heavy atom. The predicted molar refractivity (Wildman–Crippen MR) is 85.8 cm³/mol. The summed E-state index contributed by atoms with van der Waals surface area (Å²) in [6, 6.07) is 2.82. The lowest BCUT2D eigenvalue weighted by Crippen LogP contribution is -2.20. The van der Waals surface area contributed by atoms with Gasteiger partial charge in [0.2, 0.25) is 0 Å². The van der Waals surface area contributed by atoms with Crippen LogP contribution in [-0.4, -0.2) is 37.3 Å². The molecule has 0 unspecified atom stereocenters. The molecule has 9 heteroatoms. The number of methoxy groups -OCH3 is 3. The van der Waals surface area contributed by atoms with Crippen LogP contribution in [0.3, 0.4) is 0 Å². The average molecular weight is 339 g/mol. The maximum Gasteiger partial charge on any atom is 0.323 e. The summed E-state index contributed by atoms with van der Waals surface area (Å²) >= 11 is 6.05. The normalized spacial score (nSPS) is 9.91. The van der Waals surface area contributed by atoms with E-state index in [2.05, 4.69) is 20.6 Å². The molecule has 2 rings (SSSR count). The Labute approximate surface area is 137 Å². The van der Waals surface area contributed by atoms with E-state index in [9.17, 15) is 4.79 Å². The van der Waals surface area contributed by atoms with E-state index in [0.717, 1.165) is 0 Å². The smallest absolute Gasteiger partial charge is 0.323 e. The number of amides is 2. The van der Waals surface area contributed by atoms with Gasteiger partial charge in [0.05, 0.1) is 50.1 Å². The zero-order chi connectivity index (χ0) is 16.8. The van der Waals surface area contributed by atoms with E-state index >= 15 is 0 Å². The van der Waals surface area contributed by atoms with E-state index in [1.165, 1.54) is 39.8 Å². The van der Waals surface area contributed by atoms with Crippen molar-refractivity contribution in [3.8, 4) is 17.5 Å². The highest BCUT2D eigenvalue weighted by Crippen LogP contribution is 2.35. The lowest BCUT2D eigenvalue weighted by Gasteiger charge is -2.13. The second-order valence-electron chi connectivity index (χ2n) is 4.22. The molecule has 0 spiro atoms. The first-order valence-corrected chi connectivity index (χ1v) is 6.80. The quantitative estimate of drug-likeness (QED) is 0.870. The minimum Gasteiger partial charge on any atom is -0.495 e. The first-order chi connectivity index (χ1) is 11.1. The Hall–Kier alpha value is -2.74. The maximum absolute atomic E-state index is 12.0. The van der Waals surface area contributed by atoms with Gasteiger partial charge in [0, 0.05) is 6.07 Å². The number of nitrogens with zero attached hydrogens (tertiary/aromatic N) is 2. The summed E-state index contributed by atoms with van der Waals surface area (Å²) in [5.74, 6) is 0.852. The largest absolute Gasteiger partial charge is 0.495 e. The first kappa shape index (κ1) is 16.6. The summed E-state index contributed by atoms with van der Waals surface area (Å²) in [7, 11) is 4.42. The molecule has 0 saturated heterocycles. The molecule has 1 aromatic heterocycles. The van der Waals surface area contributed by atoms with Gasteiger partial charge in [0.1, 0.15) is 11.5 Å². The van der Waals surface area contributed by atoms with Crippen molar-refractivity contribution in [3.63, 3.8) is 0 Å². The SMILES string of the molecule is COc1ncc(NC(=O)Nc2cc(Cl)c(OC)cc2OC)cn1. The predicted octanol–water partition coefficient (Wildman–Crippen LogP) is 2.80. The summed E-state index contributed by atoms with van der Waals surface area (Å²) in [4.78, 5) is 19.8. The fraction of sp³-hybridized carbons (Fsp3) is 0.214. The van der Waals surface area contributed by atoms with Gasteiger partial charge in [0.15, 0.2) is 0 Å². The minimum absolute atomic E-state index is 0.208. The first-order valence-electron chi connectivity index (χ1n) is 6.43. The van der Waals surface area contributed by atoms with Gasteiger partial charge < -0.3 is 24.8 Å². The molecule has 0 fully saturated rings. The highest BCUT2D eigenvalue weighted by molar-refractivity contribution is 6.32. The van der Waals surface area contributed by atoms with Crippen LogP contribution in [0.25, 0.3) is 0 Å². The number of urea groups is 1. The van der Waals surface area contributed by atoms with Crippen LogP contribution in [-0.2, 0) is 0 Å². The number of benzene rings is 1. The Morgan fingerprint density at radius 3 is 2.22 bits per heavy atom. The van der Waals surface area contributed by atoms with Crippen molar-refractivity contribution >= 4 is 29.0 Å². The van der Waals surface area contributed by atoms with Crippen LogP contribution in [0.15, 0.2) is 24.5 Å². The lowest BCUT2D eigenvalue weighted by atomic mass is 10.2. The molecule has 0 aliphatic carbocycles. The van der Waals surface area contributed by atoms with Crippen LogP contribution in [0, 0.1) is 0 Å². The van der Waals surface area contributed by atoms with E-state index in [1.807, 2.05) is 0 Å². The molecule has 2 aromatic rings. The van der Waals surface area contributed by atoms with Crippen LogP contribution in [0.1, 0.15) is 0 Å². The number of halogens is 1. The molecule has 0 atom stereocenters. The molecule has 122 valence electrons. The second kappa shape index (κ2) is 7.50. The number of anilines is 2. The van der Waals surface area contributed by atoms with Crippen molar-refractivity contribution in [1.82, 2.24) is 9.97 Å². The molecule has 1 heterocycles. The average Bonchev–Trinajstić information content (AvgIpc) is 2.55. The Kier molecular flexibility index (Phi) is 5.42. The Balaban J connectivity index is 2.11. The van der Waals surface area contributed by atoms with Gasteiger partial charge >= 0.3 is 12.0 Å². The Morgan fingerprint density at radius 2 is 1.65 bits per heavy atom. The van der Waals surface area contributed by atoms with E-state index in [4.69, 9.17) is 25.8 Å². The third kappa shape index (κ3) is 4.13. The Bertz CT molecular complexity index is 694. The number of hydrogen-bond donors (Lipinski definition) is 2. The van der Waals surface area contributed by atoms with Gasteiger partial charge in [-0.25, -0.2) is 14.8 Å². The topological polar surface area (TPSA) is 94.6 Å². The number of aromatic nitrogens is 2. The summed E-state index contributed by atoms with van der Waals surface area (Å²) in [5.41, 5.74) is 0.798. The highest BCUT2D eigenvalue weighted by atomic mass is 35.5. The number of rotatable bonds is 5. The third-order valence-electron chi connectivity index (χ3n) is 2.79. The van der Waals surface area contributed by atoms with E-state index < -0.39 is 6.03 Å². The van der Waals surface area contributed by atoms with Crippen LogP contribution in [0.5, 0.6) is 17.5 Å². The fourth-order valence-electron chi connectivity index (χ4n) is 1.73. The van der Waals surface area contributed by atoms with E-state index in [-0.39, 0.29) is 6.01 Å². The fourth-order valence-corrected chi connectivity index (χ4v) is 1.97. The molecule has 0 aliphatic rings. The highest BCUT2D eigenvalue weighted by Gasteiger charge is 2.13. The lowest BCUT2D eigenvalue weighted by molar-refractivity contribution is 0.262. The number of ether oxygens (including phenoxy) is 3. The molecule has 1 aromatic carbocycles. The summed E-state index contributed by atoms with van der Waals surface area (Å²) in [5, 5.41) is 5.55. The molecule has 0 bridgehead atoms. The van der Waals surface area contributed by atoms with Crippen molar-refractivity contribution < 1.29 is 19.0 Å². The van der Waals surface area contributed by atoms with Gasteiger partial charge in [0.25, 0.3) is 0 Å². The molecule has 0 radical (unpaired) electrons. The van der Waals surface area contributed by atoms with Crippen molar-refractivity contribution in [2.45, 2.75) is 0 Å². The van der Waals surface area contributed by atoms with Gasteiger partial charge in [-0.3, -0.25) is 0 Å². The van der Waals surface area contributed by atoms with Gasteiger partial charge in [-0.15, -0.1) is 0 Å². The van der Waals surface area contributed by atoms with Gasteiger partial charge in [-0.1, -0.05) is 11.6 Å². The summed E-state index contributed by atoms with van der Waals surface area (Å²) in [6.07, 6.45) is 2.84.